The van der Waals surface area contributed by atoms with Crippen molar-refractivity contribution in [1.82, 2.24) is 0 Å². The van der Waals surface area contributed by atoms with Crippen LogP contribution in [0.4, 0.5) is 0 Å². The van der Waals surface area contributed by atoms with E-state index in [1.54, 1.807) is 0 Å². The Labute approximate surface area is 131 Å². The zero-order valence-electron chi connectivity index (χ0n) is 13.1. The van der Waals surface area contributed by atoms with Gasteiger partial charge >= 0.3 is 5.97 Å². The number of cyclic esters (lactones) is 1. The van der Waals surface area contributed by atoms with Crippen molar-refractivity contribution in [2.24, 2.45) is 17.8 Å². The Kier molecular flexibility index (Phi) is 4.69. The Morgan fingerprint density at radius 2 is 2.14 bits per heavy atom. The number of esters is 1. The molecule has 1 heterocycles. The third-order valence-corrected chi connectivity index (χ3v) is 5.43. The van der Waals surface area contributed by atoms with Crippen LogP contribution in [0.1, 0.15) is 45.4 Å². The molecule has 0 saturated carbocycles. The van der Waals surface area contributed by atoms with Gasteiger partial charge in [-0.25, -0.2) is 0 Å². The molecule has 0 spiro atoms. The number of allylic oxidation sites excluding steroid dienone is 3. The van der Waals surface area contributed by atoms with Gasteiger partial charge in [-0.2, -0.15) is 0 Å². The van der Waals surface area contributed by atoms with E-state index in [2.05, 4.69) is 25.2 Å². The fourth-order valence-electron chi connectivity index (χ4n) is 4.26. The summed E-state index contributed by atoms with van der Waals surface area (Å²) in [6.45, 7) is 2.20. The molecular weight excluding hydrogens is 280 g/mol. The first-order chi connectivity index (χ1) is 10.5. The highest BCUT2D eigenvalue weighted by Crippen LogP contribution is 2.42. The third-order valence-electron chi connectivity index (χ3n) is 5.43. The van der Waals surface area contributed by atoms with Gasteiger partial charge in [0, 0.05) is 12.3 Å². The quantitative estimate of drug-likeness (QED) is 0.786. The van der Waals surface area contributed by atoms with Crippen molar-refractivity contribution < 1.29 is 19.7 Å². The second kappa shape index (κ2) is 6.55. The highest BCUT2D eigenvalue weighted by molar-refractivity contribution is 5.70. The van der Waals surface area contributed by atoms with Crippen LogP contribution in [0, 0.1) is 17.8 Å². The summed E-state index contributed by atoms with van der Waals surface area (Å²) in [5, 5.41) is 20.1. The number of ether oxygens (including phenoxy) is 1. The van der Waals surface area contributed by atoms with Crippen molar-refractivity contribution in [3.05, 3.63) is 23.8 Å². The Hall–Kier alpha value is -1.13. The Morgan fingerprint density at radius 1 is 1.32 bits per heavy atom. The first-order valence-electron chi connectivity index (χ1n) is 8.48. The van der Waals surface area contributed by atoms with Crippen LogP contribution >= 0.6 is 0 Å². The number of hydrogen-bond donors (Lipinski definition) is 2. The summed E-state index contributed by atoms with van der Waals surface area (Å²) < 4.78 is 5.35. The molecule has 2 aliphatic carbocycles. The molecule has 2 N–H and O–H groups in total. The summed E-state index contributed by atoms with van der Waals surface area (Å²) >= 11 is 0. The van der Waals surface area contributed by atoms with Crippen LogP contribution in [0.5, 0.6) is 0 Å². The number of rotatable bonds is 3. The summed E-state index contributed by atoms with van der Waals surface area (Å²) in [7, 11) is 0. The molecule has 1 fully saturated rings. The Balaban J connectivity index is 1.65. The van der Waals surface area contributed by atoms with Crippen molar-refractivity contribution >= 4 is 5.97 Å². The average Bonchev–Trinajstić information content (AvgIpc) is 2.46. The molecule has 122 valence electrons. The summed E-state index contributed by atoms with van der Waals surface area (Å²) in [6.07, 6.45) is 9.75. The van der Waals surface area contributed by atoms with E-state index in [0.717, 1.165) is 25.7 Å². The standard InChI is InChI=1S/C18H26O4/c1-11-5-6-12-3-2-4-16(20)18(12)15(11)8-7-14-9-13(19)10-17(21)22-14/h3,5-6,11,13-16,18-20H,2,4,7-10H2,1H3/t11-,13+,14-,15-,16-,18-/m0/s1. The molecule has 0 aromatic carbocycles. The van der Waals surface area contributed by atoms with Gasteiger partial charge in [-0.15, -0.1) is 0 Å². The number of hydrogen-bond acceptors (Lipinski definition) is 4. The number of fused-ring (bicyclic) bond motifs is 1. The lowest BCUT2D eigenvalue weighted by Gasteiger charge is -2.40. The van der Waals surface area contributed by atoms with Crippen LogP contribution < -0.4 is 0 Å². The van der Waals surface area contributed by atoms with Gasteiger partial charge in [0.05, 0.1) is 18.6 Å². The predicted octanol–water partition coefficient (Wildman–Crippen LogP) is 2.35. The third kappa shape index (κ3) is 3.28. The molecule has 1 aliphatic heterocycles. The van der Waals surface area contributed by atoms with Crippen LogP contribution in [0.15, 0.2) is 23.8 Å². The normalized spacial score (nSPS) is 41.6. The number of aliphatic hydroxyl groups excluding tert-OH is 2. The zero-order valence-corrected chi connectivity index (χ0v) is 13.1. The molecule has 4 nitrogen and oxygen atoms in total. The highest BCUT2D eigenvalue weighted by atomic mass is 16.5. The molecule has 4 heteroatoms. The SMILES string of the molecule is C[C@H]1C=CC2=CCC[C@H](O)[C@@H]2[C@H]1CC[C@H]1C[C@@H](O)CC(=O)O1. The average molecular weight is 306 g/mol. The van der Waals surface area contributed by atoms with Gasteiger partial charge < -0.3 is 14.9 Å². The van der Waals surface area contributed by atoms with Crippen molar-refractivity contribution in [2.45, 2.75) is 63.8 Å². The van der Waals surface area contributed by atoms with Crippen LogP contribution in [0.2, 0.25) is 0 Å². The van der Waals surface area contributed by atoms with Gasteiger partial charge in [-0.05, 0) is 43.1 Å². The summed E-state index contributed by atoms with van der Waals surface area (Å²) in [5.41, 5.74) is 1.27. The second-order valence-corrected chi connectivity index (χ2v) is 7.04. The maximum absolute atomic E-state index is 11.4. The molecule has 6 atom stereocenters. The largest absolute Gasteiger partial charge is 0.462 e. The van der Waals surface area contributed by atoms with Gasteiger partial charge in [0.25, 0.3) is 0 Å². The molecule has 22 heavy (non-hydrogen) atoms. The molecular formula is C18H26O4. The van der Waals surface area contributed by atoms with Crippen LogP contribution in [-0.2, 0) is 9.53 Å². The van der Waals surface area contributed by atoms with Crippen molar-refractivity contribution in [1.29, 1.82) is 0 Å². The van der Waals surface area contributed by atoms with E-state index in [0.29, 0.717) is 18.3 Å². The number of aliphatic hydroxyl groups is 2. The maximum atomic E-state index is 11.4. The molecule has 3 aliphatic rings. The lowest BCUT2D eigenvalue weighted by Crippen LogP contribution is -2.38. The van der Waals surface area contributed by atoms with E-state index in [1.165, 1.54) is 5.57 Å². The fourth-order valence-corrected chi connectivity index (χ4v) is 4.26. The monoisotopic (exact) mass is 306 g/mol. The first-order valence-corrected chi connectivity index (χ1v) is 8.48. The smallest absolute Gasteiger partial charge is 0.308 e. The lowest BCUT2D eigenvalue weighted by molar-refractivity contribution is -0.160. The summed E-state index contributed by atoms with van der Waals surface area (Å²) in [4.78, 5) is 11.4. The zero-order chi connectivity index (χ0) is 15.7. The number of carbonyl (C=O) groups is 1. The Morgan fingerprint density at radius 3 is 2.91 bits per heavy atom. The van der Waals surface area contributed by atoms with Crippen LogP contribution in [0.3, 0.4) is 0 Å². The van der Waals surface area contributed by atoms with Crippen LogP contribution in [-0.4, -0.2) is 34.5 Å². The summed E-state index contributed by atoms with van der Waals surface area (Å²) in [6, 6.07) is 0. The van der Waals surface area contributed by atoms with Crippen molar-refractivity contribution in [3.8, 4) is 0 Å². The highest BCUT2D eigenvalue weighted by Gasteiger charge is 2.38. The summed E-state index contributed by atoms with van der Waals surface area (Å²) in [5.74, 6) is 0.708. The molecule has 1 saturated heterocycles. The van der Waals surface area contributed by atoms with Gasteiger partial charge in [-0.1, -0.05) is 25.2 Å². The van der Waals surface area contributed by atoms with Gasteiger partial charge in [0.15, 0.2) is 0 Å². The predicted molar refractivity (Wildman–Crippen MR) is 83.0 cm³/mol. The minimum Gasteiger partial charge on any atom is -0.462 e. The molecule has 0 bridgehead atoms. The molecule has 0 radical (unpaired) electrons. The van der Waals surface area contributed by atoms with Gasteiger partial charge in [0.1, 0.15) is 6.10 Å². The molecule has 0 amide bonds. The van der Waals surface area contributed by atoms with E-state index in [-0.39, 0.29) is 30.5 Å². The van der Waals surface area contributed by atoms with E-state index in [9.17, 15) is 15.0 Å². The Bertz CT molecular complexity index is 481. The van der Waals surface area contributed by atoms with E-state index in [1.807, 2.05) is 0 Å². The second-order valence-electron chi connectivity index (χ2n) is 7.04. The topological polar surface area (TPSA) is 66.8 Å². The molecule has 0 aromatic rings. The van der Waals surface area contributed by atoms with E-state index < -0.39 is 6.10 Å². The molecule has 0 aromatic heterocycles. The molecule has 0 unspecified atom stereocenters. The number of carbonyl (C=O) groups excluding carboxylic acids is 1. The van der Waals surface area contributed by atoms with Crippen molar-refractivity contribution in [3.63, 3.8) is 0 Å². The van der Waals surface area contributed by atoms with Crippen LogP contribution in [0.25, 0.3) is 0 Å². The van der Waals surface area contributed by atoms with E-state index in [4.69, 9.17) is 4.74 Å². The lowest BCUT2D eigenvalue weighted by atomic mass is 9.66. The van der Waals surface area contributed by atoms with Gasteiger partial charge in [0.2, 0.25) is 0 Å². The molecule has 3 rings (SSSR count). The first kappa shape index (κ1) is 15.8. The minimum atomic E-state index is -0.564. The fraction of sp³-hybridized carbons (Fsp3) is 0.722. The minimum absolute atomic E-state index is 0.118. The maximum Gasteiger partial charge on any atom is 0.308 e. The van der Waals surface area contributed by atoms with Gasteiger partial charge in [-0.3, -0.25) is 4.79 Å². The van der Waals surface area contributed by atoms with Crippen molar-refractivity contribution in [2.75, 3.05) is 0 Å². The van der Waals surface area contributed by atoms with E-state index >= 15 is 0 Å².